The summed E-state index contributed by atoms with van der Waals surface area (Å²) in [5, 5.41) is 6.27. The summed E-state index contributed by atoms with van der Waals surface area (Å²) < 4.78 is 0. The van der Waals surface area contributed by atoms with Gasteiger partial charge >= 0.3 is 0 Å². The van der Waals surface area contributed by atoms with Gasteiger partial charge in [-0.05, 0) is 49.2 Å². The Labute approximate surface area is 170 Å². The largest absolute Gasteiger partial charge is 0.342 e. The highest BCUT2D eigenvalue weighted by molar-refractivity contribution is 8.00. The molecule has 1 aliphatic heterocycles. The second-order valence-corrected chi connectivity index (χ2v) is 7.82. The molecular weight excluding hydrogens is 370 g/mol. The first kappa shape index (κ1) is 20.4. The molecule has 1 aliphatic rings. The minimum atomic E-state index is -0.155. The lowest BCUT2D eigenvalue weighted by Crippen LogP contribution is -2.29. The van der Waals surface area contributed by atoms with Crippen LogP contribution in [0.4, 0.5) is 5.69 Å². The molecule has 0 aromatic heterocycles. The molecule has 0 saturated carbocycles. The first-order valence-electron chi connectivity index (χ1n) is 9.78. The molecule has 28 heavy (non-hydrogen) atoms. The lowest BCUT2D eigenvalue weighted by Gasteiger charge is -2.15. The topological polar surface area (TPSA) is 61.4 Å². The van der Waals surface area contributed by atoms with E-state index in [1.165, 1.54) is 11.8 Å². The van der Waals surface area contributed by atoms with Gasteiger partial charge in [-0.15, -0.1) is 11.8 Å². The minimum Gasteiger partial charge on any atom is -0.342 e. The molecule has 1 fully saturated rings. The second kappa shape index (κ2) is 10.3. The maximum atomic E-state index is 12.8. The third-order valence-electron chi connectivity index (χ3n) is 4.71. The third-order valence-corrected chi connectivity index (χ3v) is 5.76. The first-order valence-corrected chi connectivity index (χ1v) is 10.8. The minimum absolute atomic E-state index is 0.147. The van der Waals surface area contributed by atoms with Gasteiger partial charge in [-0.3, -0.25) is 9.59 Å². The van der Waals surface area contributed by atoms with Crippen molar-refractivity contribution in [2.75, 3.05) is 30.7 Å². The monoisotopic (exact) mass is 397 g/mol. The number of hydrogen-bond acceptors (Lipinski definition) is 4. The van der Waals surface area contributed by atoms with Crippen LogP contribution < -0.4 is 10.6 Å². The van der Waals surface area contributed by atoms with E-state index in [2.05, 4.69) is 17.6 Å². The van der Waals surface area contributed by atoms with Crippen molar-refractivity contribution < 1.29 is 9.59 Å². The van der Waals surface area contributed by atoms with Crippen LogP contribution in [0, 0.1) is 0 Å². The van der Waals surface area contributed by atoms with Crippen LogP contribution in [0.15, 0.2) is 53.4 Å². The molecule has 3 rings (SSSR count). The van der Waals surface area contributed by atoms with Crippen molar-refractivity contribution in [3.63, 3.8) is 0 Å². The number of hydrogen-bond donors (Lipinski definition) is 2. The molecule has 0 bridgehead atoms. The lowest BCUT2D eigenvalue weighted by atomic mass is 10.1. The van der Waals surface area contributed by atoms with Gasteiger partial charge in [-0.25, -0.2) is 0 Å². The number of anilines is 1. The van der Waals surface area contributed by atoms with Crippen LogP contribution in [0.25, 0.3) is 0 Å². The Balaban J connectivity index is 1.64. The summed E-state index contributed by atoms with van der Waals surface area (Å²) in [6.07, 6.45) is 2.17. The van der Waals surface area contributed by atoms with Gasteiger partial charge in [0, 0.05) is 30.2 Å². The number of amides is 2. The van der Waals surface area contributed by atoms with E-state index in [1.54, 1.807) is 6.07 Å². The van der Waals surface area contributed by atoms with Crippen LogP contribution in [0.2, 0.25) is 0 Å². The van der Waals surface area contributed by atoms with E-state index >= 15 is 0 Å². The van der Waals surface area contributed by atoms with Gasteiger partial charge in [0.2, 0.25) is 5.91 Å². The predicted molar refractivity (Wildman–Crippen MR) is 115 cm³/mol. The molecule has 2 N–H and O–H groups in total. The highest BCUT2D eigenvalue weighted by Gasteiger charge is 2.19. The molecule has 0 radical (unpaired) electrons. The molecule has 0 spiro atoms. The van der Waals surface area contributed by atoms with Crippen LogP contribution in [0.3, 0.4) is 0 Å². The normalized spacial score (nSPS) is 13.5. The molecule has 148 valence electrons. The van der Waals surface area contributed by atoms with Crippen molar-refractivity contribution in [3.8, 4) is 0 Å². The fourth-order valence-electron chi connectivity index (χ4n) is 3.20. The third kappa shape index (κ3) is 5.59. The smallest absolute Gasteiger partial charge is 0.256 e. The summed E-state index contributed by atoms with van der Waals surface area (Å²) in [7, 11) is 0. The predicted octanol–water partition coefficient (Wildman–Crippen LogP) is 3.76. The molecule has 0 aliphatic carbocycles. The molecule has 2 aromatic rings. The van der Waals surface area contributed by atoms with Crippen molar-refractivity contribution in [2.45, 2.75) is 31.2 Å². The highest BCUT2D eigenvalue weighted by Crippen LogP contribution is 2.25. The molecule has 5 nitrogen and oxygen atoms in total. The number of rotatable bonds is 8. The molecule has 1 heterocycles. The Kier molecular flexibility index (Phi) is 7.51. The van der Waals surface area contributed by atoms with Crippen LogP contribution >= 0.6 is 11.8 Å². The van der Waals surface area contributed by atoms with Gasteiger partial charge in [0.1, 0.15) is 0 Å². The van der Waals surface area contributed by atoms with Gasteiger partial charge < -0.3 is 15.5 Å². The Morgan fingerprint density at radius 1 is 1.07 bits per heavy atom. The zero-order valence-corrected chi connectivity index (χ0v) is 17.1. The summed E-state index contributed by atoms with van der Waals surface area (Å²) in [4.78, 5) is 27.9. The SMILES string of the molecule is CCNCc1cccc(NC(=O)c2ccccc2SCC(=O)N2CCCC2)c1. The van der Waals surface area contributed by atoms with E-state index in [-0.39, 0.29) is 11.8 Å². The summed E-state index contributed by atoms with van der Waals surface area (Å²) in [6.45, 7) is 5.44. The summed E-state index contributed by atoms with van der Waals surface area (Å²) in [5.41, 5.74) is 2.49. The lowest BCUT2D eigenvalue weighted by molar-refractivity contribution is -0.127. The number of nitrogens with zero attached hydrogens (tertiary/aromatic N) is 1. The number of nitrogens with one attached hydrogen (secondary N) is 2. The van der Waals surface area contributed by atoms with Crippen molar-refractivity contribution in [3.05, 3.63) is 59.7 Å². The quantitative estimate of drug-likeness (QED) is 0.666. The van der Waals surface area contributed by atoms with Crippen molar-refractivity contribution in [1.29, 1.82) is 0 Å². The van der Waals surface area contributed by atoms with E-state index in [0.29, 0.717) is 11.3 Å². The molecule has 0 atom stereocenters. The van der Waals surface area contributed by atoms with E-state index in [0.717, 1.165) is 55.2 Å². The fourth-order valence-corrected chi connectivity index (χ4v) is 4.16. The second-order valence-electron chi connectivity index (χ2n) is 6.81. The maximum Gasteiger partial charge on any atom is 0.256 e. The van der Waals surface area contributed by atoms with Crippen LogP contribution in [-0.2, 0) is 11.3 Å². The Bertz CT molecular complexity index is 819. The Morgan fingerprint density at radius 2 is 1.86 bits per heavy atom. The van der Waals surface area contributed by atoms with Crippen molar-refractivity contribution in [1.82, 2.24) is 10.2 Å². The fraction of sp³-hybridized carbons (Fsp3) is 0.364. The zero-order valence-electron chi connectivity index (χ0n) is 16.2. The number of thioether (sulfide) groups is 1. The summed E-state index contributed by atoms with van der Waals surface area (Å²) in [6, 6.07) is 15.3. The standard InChI is InChI=1S/C22H27N3O2S/c1-2-23-15-17-8-7-9-18(14-17)24-22(27)19-10-3-4-11-20(19)28-16-21(26)25-12-5-6-13-25/h3-4,7-11,14,23H,2,5-6,12-13,15-16H2,1H3,(H,24,27). The Hall–Kier alpha value is -2.31. The zero-order chi connectivity index (χ0) is 19.8. The van der Waals surface area contributed by atoms with Crippen LogP contribution in [-0.4, -0.2) is 42.1 Å². The van der Waals surface area contributed by atoms with Crippen molar-refractivity contribution in [2.24, 2.45) is 0 Å². The summed E-state index contributed by atoms with van der Waals surface area (Å²) in [5.74, 6) is 0.355. The average Bonchev–Trinajstić information content (AvgIpc) is 3.26. The van der Waals surface area contributed by atoms with Gasteiger partial charge in [-0.1, -0.05) is 31.2 Å². The first-order chi connectivity index (χ1) is 13.7. The molecule has 0 unspecified atom stereocenters. The molecule has 6 heteroatoms. The van der Waals surface area contributed by atoms with E-state index in [9.17, 15) is 9.59 Å². The van der Waals surface area contributed by atoms with E-state index < -0.39 is 0 Å². The van der Waals surface area contributed by atoms with Gasteiger partial charge in [0.05, 0.1) is 11.3 Å². The number of carbonyl (C=O) groups excluding carboxylic acids is 2. The highest BCUT2D eigenvalue weighted by atomic mass is 32.2. The molecule has 2 amide bonds. The molecule has 2 aromatic carbocycles. The maximum absolute atomic E-state index is 12.8. The number of carbonyl (C=O) groups is 2. The van der Waals surface area contributed by atoms with Crippen LogP contribution in [0.5, 0.6) is 0 Å². The van der Waals surface area contributed by atoms with Crippen molar-refractivity contribution >= 4 is 29.3 Å². The summed E-state index contributed by atoms with van der Waals surface area (Å²) >= 11 is 1.43. The average molecular weight is 398 g/mol. The number of benzene rings is 2. The van der Waals surface area contributed by atoms with Gasteiger partial charge in [0.25, 0.3) is 5.91 Å². The molecular formula is C22H27N3O2S. The Morgan fingerprint density at radius 3 is 2.64 bits per heavy atom. The van der Waals surface area contributed by atoms with Gasteiger partial charge in [0.15, 0.2) is 0 Å². The van der Waals surface area contributed by atoms with E-state index in [4.69, 9.17) is 0 Å². The van der Waals surface area contributed by atoms with Crippen LogP contribution in [0.1, 0.15) is 35.7 Å². The van der Waals surface area contributed by atoms with E-state index in [1.807, 2.05) is 47.4 Å². The van der Waals surface area contributed by atoms with Gasteiger partial charge in [-0.2, -0.15) is 0 Å². The molecule has 1 saturated heterocycles. The number of likely N-dealkylation sites (tertiary alicyclic amines) is 1.